The van der Waals surface area contributed by atoms with E-state index >= 15 is 0 Å². The van der Waals surface area contributed by atoms with Gasteiger partial charge in [-0.1, -0.05) is 73.7 Å². The van der Waals surface area contributed by atoms with Gasteiger partial charge >= 0.3 is 0 Å². The van der Waals surface area contributed by atoms with Crippen molar-refractivity contribution in [3.8, 4) is 0 Å². The van der Waals surface area contributed by atoms with Gasteiger partial charge in [0.15, 0.2) is 0 Å². The van der Waals surface area contributed by atoms with Crippen LogP contribution < -0.4 is 5.73 Å². The van der Waals surface area contributed by atoms with Crippen LogP contribution in [-0.2, 0) is 0 Å². The van der Waals surface area contributed by atoms with E-state index in [1.165, 1.54) is 16.7 Å². The summed E-state index contributed by atoms with van der Waals surface area (Å²) in [5, 5.41) is 0. The normalized spacial score (nSPS) is 21.4. The third-order valence-corrected chi connectivity index (χ3v) is 4.71. The average molecular weight is 289 g/mol. The number of hydrogen-bond donors (Lipinski definition) is 1. The maximum atomic E-state index is 6.07. The van der Waals surface area contributed by atoms with Gasteiger partial charge in [0, 0.05) is 17.0 Å². The van der Waals surface area contributed by atoms with Crippen LogP contribution in [-0.4, -0.2) is 0 Å². The Kier molecular flexibility index (Phi) is 3.89. The van der Waals surface area contributed by atoms with E-state index in [1.54, 1.807) is 0 Å². The fourth-order valence-corrected chi connectivity index (χ4v) is 3.60. The minimum absolute atomic E-state index is 0.0374. The lowest BCUT2D eigenvalue weighted by molar-refractivity contribution is 0.363. The predicted octanol–water partition coefficient (Wildman–Crippen LogP) is 5.02. The smallest absolute Gasteiger partial charge is 0.0300 e. The Morgan fingerprint density at radius 1 is 0.909 bits per heavy atom. The fraction of sp³-hybridized carbons (Fsp3) is 0.238. The topological polar surface area (TPSA) is 26.0 Å². The number of hydrogen-bond acceptors (Lipinski definition) is 1. The van der Waals surface area contributed by atoms with Gasteiger partial charge in [-0.15, -0.1) is 0 Å². The molecule has 1 aliphatic carbocycles. The molecule has 0 fully saturated rings. The zero-order valence-electron chi connectivity index (χ0n) is 13.3. The predicted molar refractivity (Wildman–Crippen MR) is 93.5 cm³/mol. The maximum absolute atomic E-state index is 6.07. The number of allylic oxidation sites excluding steroid dienone is 3. The molecule has 22 heavy (non-hydrogen) atoms. The highest BCUT2D eigenvalue weighted by molar-refractivity contribution is 5.40. The first-order valence-corrected chi connectivity index (χ1v) is 7.84. The first-order valence-electron chi connectivity index (χ1n) is 7.84. The highest BCUT2D eigenvalue weighted by Crippen LogP contribution is 2.48. The molecule has 2 aromatic carbocycles. The van der Waals surface area contributed by atoms with E-state index < -0.39 is 0 Å². The summed E-state index contributed by atoms with van der Waals surface area (Å²) < 4.78 is 0. The molecule has 0 aromatic heterocycles. The molecule has 0 saturated carbocycles. The van der Waals surface area contributed by atoms with Crippen LogP contribution >= 0.6 is 0 Å². The quantitative estimate of drug-likeness (QED) is 0.843. The molecule has 0 bridgehead atoms. The third-order valence-electron chi connectivity index (χ3n) is 4.71. The molecule has 3 rings (SSSR count). The van der Waals surface area contributed by atoms with E-state index in [0.29, 0.717) is 5.92 Å². The molecule has 0 amide bonds. The molecule has 1 atom stereocenters. The number of nitrogens with two attached hydrogens (primary N) is 1. The van der Waals surface area contributed by atoms with E-state index in [1.807, 2.05) is 0 Å². The van der Waals surface area contributed by atoms with Crippen molar-refractivity contribution in [3.63, 3.8) is 0 Å². The average Bonchev–Trinajstić information content (AvgIpc) is 2.54. The van der Waals surface area contributed by atoms with Gasteiger partial charge in [-0.2, -0.15) is 0 Å². The van der Waals surface area contributed by atoms with Crippen LogP contribution in [0.1, 0.15) is 37.3 Å². The molecule has 2 aromatic rings. The fourth-order valence-electron chi connectivity index (χ4n) is 3.60. The standard InChI is InChI=1S/C21H23N/c1-16-15-21(2,14-13-19(16)22)20(17-9-5-3-6-10-17)18-11-7-4-8-12-18/h3-14,20H,15,22H2,1-2H3. The van der Waals surface area contributed by atoms with Gasteiger partial charge < -0.3 is 5.73 Å². The molecular formula is C21H23N. The lowest BCUT2D eigenvalue weighted by Gasteiger charge is -2.39. The second kappa shape index (κ2) is 5.84. The Labute approximate surface area is 133 Å². The highest BCUT2D eigenvalue weighted by Gasteiger charge is 2.36. The van der Waals surface area contributed by atoms with Gasteiger partial charge in [0.1, 0.15) is 0 Å². The van der Waals surface area contributed by atoms with E-state index in [2.05, 4.69) is 86.7 Å². The monoisotopic (exact) mass is 289 g/mol. The van der Waals surface area contributed by atoms with E-state index in [-0.39, 0.29) is 5.41 Å². The van der Waals surface area contributed by atoms with Crippen molar-refractivity contribution < 1.29 is 0 Å². The van der Waals surface area contributed by atoms with Gasteiger partial charge in [-0.05, 0) is 36.1 Å². The lowest BCUT2D eigenvalue weighted by atomic mass is 9.65. The van der Waals surface area contributed by atoms with Crippen molar-refractivity contribution in [3.05, 3.63) is 95.2 Å². The maximum Gasteiger partial charge on any atom is 0.0300 e. The first-order chi connectivity index (χ1) is 10.6. The van der Waals surface area contributed by atoms with E-state index in [0.717, 1.165) is 12.1 Å². The third kappa shape index (κ3) is 2.71. The molecule has 0 saturated heterocycles. The van der Waals surface area contributed by atoms with Crippen molar-refractivity contribution in [2.45, 2.75) is 26.2 Å². The molecule has 0 aliphatic heterocycles. The molecule has 0 radical (unpaired) electrons. The Bertz CT molecular complexity index is 658. The molecule has 112 valence electrons. The first kappa shape index (κ1) is 14.6. The summed E-state index contributed by atoms with van der Waals surface area (Å²) in [4.78, 5) is 0. The van der Waals surface area contributed by atoms with Crippen LogP contribution in [0.2, 0.25) is 0 Å². The molecule has 1 aliphatic rings. The Morgan fingerprint density at radius 2 is 1.41 bits per heavy atom. The van der Waals surface area contributed by atoms with Crippen molar-refractivity contribution in [1.82, 2.24) is 0 Å². The van der Waals surface area contributed by atoms with Crippen molar-refractivity contribution in [1.29, 1.82) is 0 Å². The second-order valence-corrected chi connectivity index (χ2v) is 6.51. The molecule has 0 heterocycles. The molecule has 2 N–H and O–H groups in total. The van der Waals surface area contributed by atoms with Gasteiger partial charge in [0.05, 0.1) is 0 Å². The number of benzene rings is 2. The Balaban J connectivity index is 2.10. The van der Waals surface area contributed by atoms with Crippen LogP contribution in [0.25, 0.3) is 0 Å². The van der Waals surface area contributed by atoms with Gasteiger partial charge in [0.25, 0.3) is 0 Å². The molecule has 0 spiro atoms. The molecule has 1 unspecified atom stereocenters. The van der Waals surface area contributed by atoms with Crippen molar-refractivity contribution in [2.75, 3.05) is 0 Å². The lowest BCUT2D eigenvalue weighted by Crippen LogP contribution is -2.28. The van der Waals surface area contributed by atoms with Gasteiger partial charge in [-0.3, -0.25) is 0 Å². The molecule has 1 heteroatoms. The van der Waals surface area contributed by atoms with E-state index in [9.17, 15) is 0 Å². The summed E-state index contributed by atoms with van der Waals surface area (Å²) >= 11 is 0. The van der Waals surface area contributed by atoms with Crippen LogP contribution in [0.5, 0.6) is 0 Å². The summed E-state index contributed by atoms with van der Waals surface area (Å²) in [7, 11) is 0. The second-order valence-electron chi connectivity index (χ2n) is 6.51. The Hall–Kier alpha value is -2.28. The zero-order valence-corrected chi connectivity index (χ0v) is 13.3. The minimum atomic E-state index is 0.0374. The highest BCUT2D eigenvalue weighted by atomic mass is 14.6. The SMILES string of the molecule is CC1=C(N)C=CC(C)(C(c2ccccc2)c2ccccc2)C1. The van der Waals surface area contributed by atoms with Crippen LogP contribution in [0.3, 0.4) is 0 Å². The summed E-state index contributed by atoms with van der Waals surface area (Å²) in [5.74, 6) is 0.328. The number of rotatable bonds is 3. The minimum Gasteiger partial charge on any atom is -0.399 e. The summed E-state index contributed by atoms with van der Waals surface area (Å²) in [6, 6.07) is 21.6. The largest absolute Gasteiger partial charge is 0.399 e. The van der Waals surface area contributed by atoms with Crippen molar-refractivity contribution in [2.24, 2.45) is 11.1 Å². The molecule has 1 nitrogen and oxygen atoms in total. The van der Waals surface area contributed by atoms with Crippen molar-refractivity contribution >= 4 is 0 Å². The summed E-state index contributed by atoms with van der Waals surface area (Å²) in [5.41, 5.74) is 11.0. The zero-order chi connectivity index (χ0) is 15.6. The molecular weight excluding hydrogens is 266 g/mol. The van der Waals surface area contributed by atoms with Crippen LogP contribution in [0.15, 0.2) is 84.1 Å². The van der Waals surface area contributed by atoms with Crippen LogP contribution in [0.4, 0.5) is 0 Å². The Morgan fingerprint density at radius 3 is 1.86 bits per heavy atom. The van der Waals surface area contributed by atoms with Crippen LogP contribution in [0, 0.1) is 5.41 Å². The summed E-state index contributed by atoms with van der Waals surface area (Å²) in [6.07, 6.45) is 5.36. The van der Waals surface area contributed by atoms with Gasteiger partial charge in [-0.25, -0.2) is 0 Å². The van der Waals surface area contributed by atoms with Gasteiger partial charge in [0.2, 0.25) is 0 Å². The summed E-state index contributed by atoms with van der Waals surface area (Å²) in [6.45, 7) is 4.48. The van der Waals surface area contributed by atoms with E-state index in [4.69, 9.17) is 5.73 Å².